The van der Waals surface area contributed by atoms with E-state index in [0.29, 0.717) is 13.1 Å². The van der Waals surface area contributed by atoms with Gasteiger partial charge < -0.3 is 11.1 Å². The molecule has 3 N–H and O–H groups in total. The molecule has 0 atom stereocenters. The van der Waals surface area contributed by atoms with E-state index in [1.807, 2.05) is 19.9 Å². The van der Waals surface area contributed by atoms with Crippen molar-refractivity contribution in [2.75, 3.05) is 13.1 Å². The topological polar surface area (TPSA) is 55.1 Å². The van der Waals surface area contributed by atoms with Gasteiger partial charge in [-0.1, -0.05) is 22.0 Å². The van der Waals surface area contributed by atoms with E-state index in [1.165, 1.54) is 11.1 Å². The summed E-state index contributed by atoms with van der Waals surface area (Å²) in [4.78, 5) is 11.8. The summed E-state index contributed by atoms with van der Waals surface area (Å²) in [5, 5.41) is 2.93. The van der Waals surface area contributed by atoms with Crippen LogP contribution in [0.4, 0.5) is 0 Å². The minimum Gasteiger partial charge on any atom is -0.355 e. The zero-order chi connectivity index (χ0) is 13.8. The van der Waals surface area contributed by atoms with E-state index >= 15 is 0 Å². The van der Waals surface area contributed by atoms with Crippen LogP contribution in [-0.2, 0) is 11.2 Å². The minimum absolute atomic E-state index is 0.0117. The van der Waals surface area contributed by atoms with Gasteiger partial charge >= 0.3 is 0 Å². The number of amides is 1. The van der Waals surface area contributed by atoms with Crippen LogP contribution in [0.3, 0.4) is 0 Å². The summed E-state index contributed by atoms with van der Waals surface area (Å²) in [7, 11) is 0. The SMILES string of the molecule is Cc1ccc(Br)cc1CCNC(=O)C(C)(C)CN. The summed E-state index contributed by atoms with van der Waals surface area (Å²) in [6.07, 6.45) is 0.831. The van der Waals surface area contributed by atoms with Crippen LogP contribution in [0.5, 0.6) is 0 Å². The predicted octanol–water partition coefficient (Wildman–Crippen LogP) is 2.40. The largest absolute Gasteiger partial charge is 0.355 e. The molecular weight excluding hydrogens is 292 g/mol. The Morgan fingerprint density at radius 2 is 2.11 bits per heavy atom. The number of nitrogens with one attached hydrogen (secondary N) is 1. The molecule has 18 heavy (non-hydrogen) atoms. The van der Waals surface area contributed by atoms with Gasteiger partial charge in [-0.2, -0.15) is 0 Å². The van der Waals surface area contributed by atoms with Crippen LogP contribution in [0.2, 0.25) is 0 Å². The first kappa shape index (κ1) is 15.2. The molecule has 100 valence electrons. The molecule has 0 saturated heterocycles. The number of rotatable bonds is 5. The summed E-state index contributed by atoms with van der Waals surface area (Å²) in [5.41, 5.74) is 7.56. The van der Waals surface area contributed by atoms with Gasteiger partial charge in [-0.05, 0) is 50.5 Å². The Bertz CT molecular complexity index is 430. The van der Waals surface area contributed by atoms with Crippen molar-refractivity contribution in [3.8, 4) is 0 Å². The number of halogens is 1. The standard InChI is InChI=1S/C14H21BrN2O/c1-10-4-5-12(15)8-11(10)6-7-17-13(18)14(2,3)9-16/h4-5,8H,6-7,9,16H2,1-3H3,(H,17,18). The number of benzene rings is 1. The lowest BCUT2D eigenvalue weighted by Crippen LogP contribution is -2.42. The van der Waals surface area contributed by atoms with Crippen LogP contribution in [-0.4, -0.2) is 19.0 Å². The molecule has 0 spiro atoms. The summed E-state index contributed by atoms with van der Waals surface area (Å²) in [6, 6.07) is 6.19. The van der Waals surface area contributed by atoms with Gasteiger partial charge in [-0.3, -0.25) is 4.79 Å². The first-order valence-corrected chi connectivity index (χ1v) is 6.89. The fraction of sp³-hybridized carbons (Fsp3) is 0.500. The van der Waals surface area contributed by atoms with Crippen molar-refractivity contribution < 1.29 is 4.79 Å². The molecule has 0 saturated carbocycles. The number of nitrogens with two attached hydrogens (primary N) is 1. The highest BCUT2D eigenvalue weighted by Gasteiger charge is 2.24. The molecule has 1 amide bonds. The molecular formula is C14H21BrN2O. The normalized spacial score (nSPS) is 11.4. The van der Waals surface area contributed by atoms with Crippen molar-refractivity contribution in [2.24, 2.45) is 11.1 Å². The van der Waals surface area contributed by atoms with Crippen LogP contribution in [0, 0.1) is 12.3 Å². The Morgan fingerprint density at radius 1 is 1.44 bits per heavy atom. The molecule has 0 aliphatic rings. The molecule has 0 aromatic heterocycles. The zero-order valence-corrected chi connectivity index (χ0v) is 12.8. The van der Waals surface area contributed by atoms with Crippen LogP contribution < -0.4 is 11.1 Å². The summed E-state index contributed by atoms with van der Waals surface area (Å²) < 4.78 is 1.07. The number of hydrogen-bond donors (Lipinski definition) is 2. The van der Waals surface area contributed by atoms with Crippen molar-refractivity contribution >= 4 is 21.8 Å². The van der Waals surface area contributed by atoms with E-state index in [0.717, 1.165) is 10.9 Å². The van der Waals surface area contributed by atoms with Crippen molar-refractivity contribution in [3.63, 3.8) is 0 Å². The van der Waals surface area contributed by atoms with Gasteiger partial charge in [0.05, 0.1) is 5.41 Å². The molecule has 0 fully saturated rings. The third-order valence-corrected chi connectivity index (χ3v) is 3.61. The number of aryl methyl sites for hydroxylation is 1. The van der Waals surface area contributed by atoms with Crippen LogP contribution in [0.1, 0.15) is 25.0 Å². The van der Waals surface area contributed by atoms with Gasteiger partial charge in [0, 0.05) is 17.6 Å². The van der Waals surface area contributed by atoms with Crippen molar-refractivity contribution in [3.05, 3.63) is 33.8 Å². The van der Waals surface area contributed by atoms with Crippen LogP contribution >= 0.6 is 15.9 Å². The molecule has 0 bridgehead atoms. The van der Waals surface area contributed by atoms with Crippen molar-refractivity contribution in [1.82, 2.24) is 5.32 Å². The lowest BCUT2D eigenvalue weighted by molar-refractivity contribution is -0.128. The molecule has 0 radical (unpaired) electrons. The van der Waals surface area contributed by atoms with E-state index in [2.05, 4.69) is 40.3 Å². The first-order valence-electron chi connectivity index (χ1n) is 6.10. The predicted molar refractivity (Wildman–Crippen MR) is 78.4 cm³/mol. The second-order valence-corrected chi connectivity index (χ2v) is 6.08. The molecule has 1 aromatic carbocycles. The van der Waals surface area contributed by atoms with Gasteiger partial charge in [0.25, 0.3) is 0 Å². The lowest BCUT2D eigenvalue weighted by Gasteiger charge is -2.21. The number of hydrogen-bond acceptors (Lipinski definition) is 2. The minimum atomic E-state index is -0.494. The molecule has 0 aliphatic carbocycles. The van der Waals surface area contributed by atoms with Gasteiger partial charge in [-0.15, -0.1) is 0 Å². The van der Waals surface area contributed by atoms with Crippen LogP contribution in [0.25, 0.3) is 0 Å². The lowest BCUT2D eigenvalue weighted by atomic mass is 9.92. The van der Waals surface area contributed by atoms with E-state index in [4.69, 9.17) is 5.73 Å². The Hall–Kier alpha value is -0.870. The molecule has 4 heteroatoms. The molecule has 1 aromatic rings. The van der Waals surface area contributed by atoms with Gasteiger partial charge in [0.15, 0.2) is 0 Å². The maximum atomic E-state index is 11.8. The average molecular weight is 313 g/mol. The fourth-order valence-corrected chi connectivity index (χ4v) is 1.96. The molecule has 3 nitrogen and oxygen atoms in total. The Kier molecular flexibility index (Phi) is 5.35. The van der Waals surface area contributed by atoms with Gasteiger partial charge in [0.2, 0.25) is 5.91 Å². The highest BCUT2D eigenvalue weighted by Crippen LogP contribution is 2.16. The smallest absolute Gasteiger partial charge is 0.226 e. The summed E-state index contributed by atoms with van der Waals surface area (Å²) in [5.74, 6) is 0.0117. The van der Waals surface area contributed by atoms with Crippen molar-refractivity contribution in [1.29, 1.82) is 0 Å². The van der Waals surface area contributed by atoms with Gasteiger partial charge in [-0.25, -0.2) is 0 Å². The molecule has 1 rings (SSSR count). The maximum Gasteiger partial charge on any atom is 0.226 e. The Morgan fingerprint density at radius 3 is 2.72 bits per heavy atom. The highest BCUT2D eigenvalue weighted by molar-refractivity contribution is 9.10. The summed E-state index contributed by atoms with van der Waals surface area (Å²) >= 11 is 3.46. The number of carbonyl (C=O) groups excluding carboxylic acids is 1. The monoisotopic (exact) mass is 312 g/mol. The van der Waals surface area contributed by atoms with Crippen molar-refractivity contribution in [2.45, 2.75) is 27.2 Å². The second-order valence-electron chi connectivity index (χ2n) is 5.16. The third-order valence-electron chi connectivity index (χ3n) is 3.12. The Balaban J connectivity index is 2.52. The summed E-state index contributed by atoms with van der Waals surface area (Å²) in [6.45, 7) is 6.78. The molecule has 0 unspecified atom stereocenters. The first-order chi connectivity index (χ1) is 8.36. The van der Waals surface area contributed by atoms with Gasteiger partial charge in [0.1, 0.15) is 0 Å². The van der Waals surface area contributed by atoms with E-state index in [9.17, 15) is 4.79 Å². The molecule has 0 heterocycles. The fourth-order valence-electron chi connectivity index (χ4n) is 1.55. The maximum absolute atomic E-state index is 11.8. The average Bonchev–Trinajstić information content (AvgIpc) is 2.33. The van der Waals surface area contributed by atoms with E-state index in [-0.39, 0.29) is 5.91 Å². The highest BCUT2D eigenvalue weighted by atomic mass is 79.9. The number of carbonyl (C=O) groups is 1. The third kappa shape index (κ3) is 4.10. The zero-order valence-electron chi connectivity index (χ0n) is 11.2. The quantitative estimate of drug-likeness (QED) is 0.877. The van der Waals surface area contributed by atoms with Crippen LogP contribution in [0.15, 0.2) is 22.7 Å². The van der Waals surface area contributed by atoms with E-state index in [1.54, 1.807) is 0 Å². The van der Waals surface area contributed by atoms with E-state index < -0.39 is 5.41 Å². The molecule has 0 aliphatic heterocycles. The second kappa shape index (κ2) is 6.34. The Labute approximate surface area is 117 Å².